The first-order valence-corrected chi connectivity index (χ1v) is 12.6. The second kappa shape index (κ2) is 8.63. The van der Waals surface area contributed by atoms with Crippen LogP contribution in [0.25, 0.3) is 10.8 Å². The minimum absolute atomic E-state index is 0.105. The van der Waals surface area contributed by atoms with Crippen LogP contribution in [-0.2, 0) is 13.0 Å². The maximum atomic E-state index is 13.6. The van der Waals surface area contributed by atoms with Crippen LogP contribution in [0.2, 0.25) is 0 Å². The van der Waals surface area contributed by atoms with Crippen LogP contribution < -0.4 is 4.90 Å². The first kappa shape index (κ1) is 22.5. The van der Waals surface area contributed by atoms with Crippen molar-refractivity contribution in [2.75, 3.05) is 18.0 Å². The zero-order valence-corrected chi connectivity index (χ0v) is 20.6. The van der Waals surface area contributed by atoms with Crippen LogP contribution in [0.3, 0.4) is 0 Å². The summed E-state index contributed by atoms with van der Waals surface area (Å²) in [5, 5.41) is 0.676. The molecule has 0 fully saturated rings. The molecular weight excluding hydrogens is 479 g/mol. The Kier molecular flexibility index (Phi) is 5.40. The summed E-state index contributed by atoms with van der Waals surface area (Å²) in [6, 6.07) is 12.8. The molecule has 0 saturated carbocycles. The number of imidazole rings is 1. The second-order valence-electron chi connectivity index (χ2n) is 8.99. The maximum absolute atomic E-state index is 13.6. The summed E-state index contributed by atoms with van der Waals surface area (Å²) in [6.45, 7) is 5.20. The molecule has 0 radical (unpaired) electrons. The lowest BCUT2D eigenvalue weighted by molar-refractivity contribution is 0.0645. The predicted molar refractivity (Wildman–Crippen MR) is 134 cm³/mol. The molecular formula is C26H23FN6O2S. The van der Waals surface area contributed by atoms with Gasteiger partial charge in [-0.25, -0.2) is 14.4 Å². The van der Waals surface area contributed by atoms with E-state index < -0.39 is 0 Å². The van der Waals surface area contributed by atoms with E-state index in [1.165, 1.54) is 35.8 Å². The maximum Gasteiger partial charge on any atom is 0.259 e. The number of hydrogen-bond acceptors (Lipinski definition) is 6. The number of carbonyl (C=O) groups is 2. The fourth-order valence-electron chi connectivity index (χ4n) is 5.05. The molecule has 2 aliphatic heterocycles. The molecule has 0 aliphatic carbocycles. The molecule has 182 valence electrons. The Morgan fingerprint density at radius 2 is 1.83 bits per heavy atom. The highest BCUT2D eigenvalue weighted by molar-refractivity contribution is 7.09. The van der Waals surface area contributed by atoms with Crippen LogP contribution in [0.15, 0.2) is 48.5 Å². The number of halogens is 1. The van der Waals surface area contributed by atoms with Crippen molar-refractivity contribution in [2.45, 2.75) is 32.9 Å². The molecule has 2 aromatic carbocycles. The lowest BCUT2D eigenvalue weighted by Crippen LogP contribution is -2.43. The summed E-state index contributed by atoms with van der Waals surface area (Å²) in [6.07, 6.45) is 0.716. The van der Waals surface area contributed by atoms with Crippen LogP contribution in [0.1, 0.15) is 50.8 Å². The summed E-state index contributed by atoms with van der Waals surface area (Å²) in [7, 11) is 0. The number of aryl methyl sites for hydroxylation is 1. The first-order valence-electron chi connectivity index (χ1n) is 11.8. The van der Waals surface area contributed by atoms with Crippen LogP contribution in [0.5, 0.6) is 0 Å². The van der Waals surface area contributed by atoms with Crippen LogP contribution in [0, 0.1) is 12.7 Å². The van der Waals surface area contributed by atoms with Gasteiger partial charge in [0.15, 0.2) is 16.6 Å². The van der Waals surface area contributed by atoms with Gasteiger partial charge in [0.25, 0.3) is 11.8 Å². The number of hydrogen-bond donors (Lipinski definition) is 0. The molecule has 10 heteroatoms. The number of anilines is 1. The van der Waals surface area contributed by atoms with Gasteiger partial charge in [0.1, 0.15) is 11.6 Å². The molecule has 0 bridgehead atoms. The van der Waals surface area contributed by atoms with E-state index in [4.69, 9.17) is 4.98 Å². The van der Waals surface area contributed by atoms with Crippen molar-refractivity contribution >= 4 is 29.2 Å². The predicted octanol–water partition coefficient (Wildman–Crippen LogP) is 4.27. The van der Waals surface area contributed by atoms with Gasteiger partial charge in [-0.3, -0.25) is 14.5 Å². The largest absolute Gasteiger partial charge is 0.328 e. The summed E-state index contributed by atoms with van der Waals surface area (Å²) in [4.78, 5) is 39.9. The van der Waals surface area contributed by atoms with Gasteiger partial charge < -0.3 is 9.47 Å². The quantitative estimate of drug-likeness (QED) is 0.418. The van der Waals surface area contributed by atoms with Gasteiger partial charge in [-0.1, -0.05) is 18.2 Å². The van der Waals surface area contributed by atoms with Crippen molar-refractivity contribution in [1.29, 1.82) is 0 Å². The third-order valence-electron chi connectivity index (χ3n) is 6.84. The lowest BCUT2D eigenvalue weighted by atomic mass is 9.98. The molecule has 0 unspecified atom stereocenters. The van der Waals surface area contributed by atoms with Crippen molar-refractivity contribution in [3.05, 3.63) is 82.6 Å². The van der Waals surface area contributed by atoms with E-state index in [9.17, 15) is 14.0 Å². The van der Waals surface area contributed by atoms with Gasteiger partial charge in [-0.05, 0) is 67.7 Å². The third-order valence-corrected chi connectivity index (χ3v) is 7.64. The number of rotatable bonds is 3. The summed E-state index contributed by atoms with van der Waals surface area (Å²) < 4.78 is 19.8. The van der Waals surface area contributed by atoms with Gasteiger partial charge in [0, 0.05) is 30.8 Å². The Morgan fingerprint density at radius 3 is 2.58 bits per heavy atom. The molecule has 0 saturated heterocycles. The molecule has 0 N–H and O–H groups in total. The molecule has 1 atom stereocenters. The van der Waals surface area contributed by atoms with Crippen LogP contribution in [0.4, 0.5) is 10.2 Å². The van der Waals surface area contributed by atoms with E-state index in [0.717, 1.165) is 11.3 Å². The fourth-order valence-corrected chi connectivity index (χ4v) is 5.72. The van der Waals surface area contributed by atoms with Gasteiger partial charge in [-0.2, -0.15) is 4.37 Å². The second-order valence-corrected chi connectivity index (χ2v) is 9.74. The highest BCUT2D eigenvalue weighted by Gasteiger charge is 2.38. The minimum Gasteiger partial charge on any atom is -0.328 e. The minimum atomic E-state index is -0.389. The molecule has 2 amide bonds. The van der Waals surface area contributed by atoms with E-state index in [1.54, 1.807) is 9.80 Å². The Labute approximate surface area is 211 Å². The lowest BCUT2D eigenvalue weighted by Gasteiger charge is -2.37. The summed E-state index contributed by atoms with van der Waals surface area (Å²) in [5.74, 6) is 1.17. The highest BCUT2D eigenvalue weighted by Crippen LogP contribution is 2.39. The third kappa shape index (κ3) is 3.60. The summed E-state index contributed by atoms with van der Waals surface area (Å²) in [5.41, 5.74) is 2.89. The first-order chi connectivity index (χ1) is 17.4. The fraction of sp³-hybridized carbons (Fsp3) is 0.269. The molecule has 36 heavy (non-hydrogen) atoms. The molecule has 4 aromatic rings. The van der Waals surface area contributed by atoms with E-state index in [-0.39, 0.29) is 23.7 Å². The van der Waals surface area contributed by atoms with Crippen molar-refractivity contribution < 1.29 is 14.0 Å². The number of carbonyl (C=O) groups excluding carboxylic acids is 2. The smallest absolute Gasteiger partial charge is 0.259 e. The highest BCUT2D eigenvalue weighted by atomic mass is 32.1. The summed E-state index contributed by atoms with van der Waals surface area (Å²) >= 11 is 1.27. The zero-order valence-electron chi connectivity index (χ0n) is 19.8. The average molecular weight is 503 g/mol. The number of aromatic nitrogens is 4. The molecule has 0 spiro atoms. The standard InChI is InChI=1S/C26H23FN6O2S/c1-15-21-22(33-12-11-17-5-3-4-6-20(17)26(33)35)29-23(24-28-16(2)30-36-24)32(21)14-13-31(15)25(34)18-7-9-19(27)10-8-18/h3-10,15H,11-14H2,1-2H3/t15-/m1/s1. The number of nitrogens with zero attached hydrogens (tertiary/aromatic N) is 6. The molecule has 6 rings (SSSR count). The normalized spacial score (nSPS) is 17.2. The molecule has 2 aliphatic rings. The van der Waals surface area contributed by atoms with Crippen molar-refractivity contribution in [3.8, 4) is 10.8 Å². The Balaban J connectivity index is 1.45. The Morgan fingerprint density at radius 1 is 1.06 bits per heavy atom. The molecule has 2 aromatic heterocycles. The molecule has 4 heterocycles. The Bertz CT molecular complexity index is 1490. The number of fused-ring (bicyclic) bond motifs is 2. The van der Waals surface area contributed by atoms with Gasteiger partial charge in [0.05, 0.1) is 11.7 Å². The van der Waals surface area contributed by atoms with Crippen LogP contribution >= 0.6 is 11.5 Å². The van der Waals surface area contributed by atoms with Gasteiger partial charge in [-0.15, -0.1) is 0 Å². The van der Waals surface area contributed by atoms with Gasteiger partial charge in [0.2, 0.25) is 0 Å². The van der Waals surface area contributed by atoms with Crippen LogP contribution in [-0.4, -0.2) is 48.7 Å². The zero-order chi connectivity index (χ0) is 25.0. The number of amides is 2. The topological polar surface area (TPSA) is 84.2 Å². The SMILES string of the molecule is Cc1nsc(-c2nc(N3CCc4ccccc4C3=O)c3n2CCN(C(=O)c2ccc(F)cc2)[C@@H]3C)n1. The van der Waals surface area contributed by atoms with Crippen molar-refractivity contribution in [2.24, 2.45) is 0 Å². The Hall–Kier alpha value is -3.92. The monoisotopic (exact) mass is 502 g/mol. The van der Waals surface area contributed by atoms with E-state index >= 15 is 0 Å². The van der Waals surface area contributed by atoms with E-state index in [2.05, 4.69) is 13.9 Å². The average Bonchev–Trinajstić information content (AvgIpc) is 3.49. The van der Waals surface area contributed by atoms with Gasteiger partial charge >= 0.3 is 0 Å². The number of benzene rings is 2. The molecule has 8 nitrogen and oxygen atoms in total. The van der Waals surface area contributed by atoms with Crippen molar-refractivity contribution in [3.63, 3.8) is 0 Å². The van der Waals surface area contributed by atoms with Crippen molar-refractivity contribution in [1.82, 2.24) is 23.8 Å². The van der Waals surface area contributed by atoms with E-state index in [1.807, 2.05) is 38.1 Å². The van der Waals surface area contributed by atoms with E-state index in [0.29, 0.717) is 59.7 Å².